The standard InChI is InChI=1S/C32H30N2O6/c35-30(27-20-24-8-4-5-9-26(24)40-27)28-29(34(32(37)31(28)36)15-14-33-16-18-38-19-17-33)23-10-12-25(13-11-23)39-21-22-6-2-1-3-7-22/h1-13,20,29,36H,14-19,21H2/t29-/m1/s1. The van der Waals surface area contributed by atoms with E-state index >= 15 is 0 Å². The third-order valence-electron chi connectivity index (χ3n) is 7.40. The summed E-state index contributed by atoms with van der Waals surface area (Å²) in [6.07, 6.45) is 0. The summed E-state index contributed by atoms with van der Waals surface area (Å²) in [4.78, 5) is 30.9. The van der Waals surface area contributed by atoms with Crippen LogP contribution in [0.2, 0.25) is 0 Å². The number of morpholine rings is 1. The number of aliphatic hydroxyl groups excluding tert-OH is 1. The maximum atomic E-state index is 13.8. The lowest BCUT2D eigenvalue weighted by molar-refractivity contribution is -0.129. The van der Waals surface area contributed by atoms with Crippen molar-refractivity contribution in [3.05, 3.63) is 113 Å². The fourth-order valence-corrected chi connectivity index (χ4v) is 5.25. The Morgan fingerprint density at radius 1 is 0.925 bits per heavy atom. The summed E-state index contributed by atoms with van der Waals surface area (Å²) in [5.74, 6) is -0.872. The Hall–Kier alpha value is -4.40. The molecule has 0 saturated carbocycles. The topological polar surface area (TPSA) is 92.5 Å². The van der Waals surface area contributed by atoms with E-state index in [0.717, 1.165) is 24.0 Å². The van der Waals surface area contributed by atoms with E-state index in [4.69, 9.17) is 13.9 Å². The molecular weight excluding hydrogens is 508 g/mol. The van der Waals surface area contributed by atoms with Gasteiger partial charge in [0.25, 0.3) is 5.91 Å². The van der Waals surface area contributed by atoms with Crippen molar-refractivity contribution in [1.82, 2.24) is 9.80 Å². The van der Waals surface area contributed by atoms with Crippen molar-refractivity contribution in [2.45, 2.75) is 12.6 Å². The van der Waals surface area contributed by atoms with Crippen LogP contribution in [0.15, 0.2) is 101 Å². The second-order valence-corrected chi connectivity index (χ2v) is 9.94. The van der Waals surface area contributed by atoms with Crippen LogP contribution in [-0.2, 0) is 16.1 Å². The molecule has 8 heteroatoms. The van der Waals surface area contributed by atoms with Gasteiger partial charge in [-0.25, -0.2) is 0 Å². The Morgan fingerprint density at radius 2 is 1.65 bits per heavy atom. The molecule has 0 spiro atoms. The summed E-state index contributed by atoms with van der Waals surface area (Å²) in [5.41, 5.74) is 2.33. The zero-order chi connectivity index (χ0) is 27.5. The molecule has 0 aliphatic carbocycles. The number of Topliss-reactive ketones (excluding diaryl/α,β-unsaturated/α-hetero) is 1. The highest BCUT2D eigenvalue weighted by Gasteiger charge is 2.44. The number of fused-ring (bicyclic) bond motifs is 1. The highest BCUT2D eigenvalue weighted by Crippen LogP contribution is 2.40. The van der Waals surface area contributed by atoms with Crippen LogP contribution < -0.4 is 4.74 Å². The molecular formula is C32H30N2O6. The number of ether oxygens (including phenoxy) is 2. The quantitative estimate of drug-likeness (QED) is 0.302. The summed E-state index contributed by atoms with van der Waals surface area (Å²) < 4.78 is 17.2. The number of nitrogens with zero attached hydrogens (tertiary/aromatic N) is 2. The minimum Gasteiger partial charge on any atom is -0.503 e. The van der Waals surface area contributed by atoms with Crippen molar-refractivity contribution in [1.29, 1.82) is 0 Å². The smallest absolute Gasteiger partial charge is 0.290 e. The van der Waals surface area contributed by atoms with Crippen LogP contribution in [0.1, 0.15) is 27.7 Å². The minimum atomic E-state index is -0.766. The van der Waals surface area contributed by atoms with Crippen molar-refractivity contribution in [3.63, 3.8) is 0 Å². The second kappa shape index (κ2) is 11.4. The Morgan fingerprint density at radius 3 is 2.40 bits per heavy atom. The van der Waals surface area contributed by atoms with Crippen LogP contribution in [0.4, 0.5) is 0 Å². The highest BCUT2D eigenvalue weighted by molar-refractivity contribution is 6.16. The number of aliphatic hydroxyl groups is 1. The van der Waals surface area contributed by atoms with E-state index in [1.165, 1.54) is 0 Å². The molecule has 0 unspecified atom stereocenters. The molecule has 204 valence electrons. The van der Waals surface area contributed by atoms with E-state index in [9.17, 15) is 14.7 Å². The molecule has 8 nitrogen and oxygen atoms in total. The summed E-state index contributed by atoms with van der Waals surface area (Å²) in [5, 5.41) is 11.8. The molecule has 1 N–H and O–H groups in total. The van der Waals surface area contributed by atoms with E-state index in [-0.39, 0.29) is 11.3 Å². The third kappa shape index (κ3) is 5.23. The van der Waals surface area contributed by atoms with Gasteiger partial charge in [0.2, 0.25) is 5.78 Å². The Kier molecular flexibility index (Phi) is 7.35. The molecule has 1 fully saturated rings. The molecule has 2 aliphatic heterocycles. The second-order valence-electron chi connectivity index (χ2n) is 9.94. The number of rotatable bonds is 9. The van der Waals surface area contributed by atoms with Crippen LogP contribution in [-0.4, -0.2) is 66.0 Å². The molecule has 0 radical (unpaired) electrons. The number of furan rings is 1. The van der Waals surface area contributed by atoms with E-state index in [1.54, 1.807) is 17.0 Å². The van der Waals surface area contributed by atoms with Crippen molar-refractivity contribution in [2.75, 3.05) is 39.4 Å². The lowest BCUT2D eigenvalue weighted by Gasteiger charge is -2.31. The maximum absolute atomic E-state index is 13.8. The van der Waals surface area contributed by atoms with Crippen LogP contribution in [0, 0.1) is 0 Å². The van der Waals surface area contributed by atoms with Crippen LogP contribution in [0.3, 0.4) is 0 Å². The Balaban J connectivity index is 1.29. The van der Waals surface area contributed by atoms with E-state index in [0.29, 0.717) is 49.8 Å². The van der Waals surface area contributed by atoms with Crippen molar-refractivity contribution < 1.29 is 28.6 Å². The third-order valence-corrected chi connectivity index (χ3v) is 7.40. The fourth-order valence-electron chi connectivity index (χ4n) is 5.25. The van der Waals surface area contributed by atoms with Crippen molar-refractivity contribution >= 4 is 22.7 Å². The Bertz CT molecular complexity index is 1500. The van der Waals surface area contributed by atoms with Gasteiger partial charge in [-0.05, 0) is 35.4 Å². The molecule has 1 amide bonds. The minimum absolute atomic E-state index is 0.0176. The van der Waals surface area contributed by atoms with Gasteiger partial charge in [0.1, 0.15) is 17.9 Å². The molecule has 40 heavy (non-hydrogen) atoms. The number of para-hydroxylation sites is 1. The van der Waals surface area contributed by atoms with Gasteiger partial charge in [0, 0.05) is 31.6 Å². The molecule has 6 rings (SSSR count). The number of carbonyl (C=O) groups excluding carboxylic acids is 2. The van der Waals surface area contributed by atoms with E-state index < -0.39 is 23.5 Å². The zero-order valence-corrected chi connectivity index (χ0v) is 22.0. The van der Waals surface area contributed by atoms with Crippen LogP contribution in [0.5, 0.6) is 5.75 Å². The number of benzene rings is 3. The molecule has 3 aromatic carbocycles. The molecule has 2 aliphatic rings. The number of hydrogen-bond donors (Lipinski definition) is 1. The zero-order valence-electron chi connectivity index (χ0n) is 22.0. The van der Waals surface area contributed by atoms with Gasteiger partial charge < -0.3 is 23.9 Å². The van der Waals surface area contributed by atoms with Gasteiger partial charge in [0.15, 0.2) is 11.5 Å². The first kappa shape index (κ1) is 25.9. The van der Waals surface area contributed by atoms with E-state index in [1.807, 2.05) is 72.8 Å². The molecule has 4 aromatic rings. The summed E-state index contributed by atoms with van der Waals surface area (Å²) in [7, 11) is 0. The average molecular weight is 539 g/mol. The predicted octanol–water partition coefficient (Wildman–Crippen LogP) is 4.92. The van der Waals surface area contributed by atoms with Crippen LogP contribution >= 0.6 is 0 Å². The first-order valence-corrected chi connectivity index (χ1v) is 13.4. The molecule has 1 aromatic heterocycles. The van der Waals surface area contributed by atoms with Gasteiger partial charge in [-0.3, -0.25) is 14.5 Å². The number of ketones is 1. The molecule has 1 atom stereocenters. The lowest BCUT2D eigenvalue weighted by Crippen LogP contribution is -2.43. The van der Waals surface area contributed by atoms with Gasteiger partial charge in [-0.1, -0.05) is 60.7 Å². The fraction of sp³-hybridized carbons (Fsp3) is 0.250. The maximum Gasteiger partial charge on any atom is 0.290 e. The van der Waals surface area contributed by atoms with Gasteiger partial charge in [-0.15, -0.1) is 0 Å². The number of hydrogen-bond acceptors (Lipinski definition) is 7. The largest absolute Gasteiger partial charge is 0.503 e. The average Bonchev–Trinajstić information content (AvgIpc) is 3.55. The molecule has 3 heterocycles. The van der Waals surface area contributed by atoms with E-state index in [2.05, 4.69) is 4.90 Å². The van der Waals surface area contributed by atoms with Crippen molar-refractivity contribution in [2.24, 2.45) is 0 Å². The summed E-state index contributed by atoms with van der Waals surface area (Å²) in [6.45, 7) is 4.18. The molecule has 0 bridgehead atoms. The van der Waals surface area contributed by atoms with Crippen molar-refractivity contribution in [3.8, 4) is 5.75 Å². The Labute approximate surface area is 232 Å². The lowest BCUT2D eigenvalue weighted by atomic mass is 9.95. The van der Waals surface area contributed by atoms with Gasteiger partial charge >= 0.3 is 0 Å². The summed E-state index contributed by atoms with van der Waals surface area (Å²) >= 11 is 0. The highest BCUT2D eigenvalue weighted by atomic mass is 16.5. The first-order valence-electron chi connectivity index (χ1n) is 13.4. The number of carbonyl (C=O) groups is 2. The predicted molar refractivity (Wildman–Crippen MR) is 149 cm³/mol. The first-order chi connectivity index (χ1) is 19.6. The van der Waals surface area contributed by atoms with Crippen LogP contribution in [0.25, 0.3) is 11.0 Å². The monoisotopic (exact) mass is 538 g/mol. The molecule has 1 saturated heterocycles. The summed E-state index contributed by atoms with van der Waals surface area (Å²) in [6, 6.07) is 25.4. The van der Waals surface area contributed by atoms with Gasteiger partial charge in [0.05, 0.1) is 24.8 Å². The van der Waals surface area contributed by atoms with Gasteiger partial charge in [-0.2, -0.15) is 0 Å². The normalized spacial score (nSPS) is 18.1. The number of amides is 1. The SMILES string of the molecule is O=C(C1=C(O)C(=O)N(CCN2CCOCC2)[C@@H]1c1ccc(OCc2ccccc2)cc1)c1cc2ccccc2o1.